The van der Waals surface area contributed by atoms with E-state index in [0.717, 1.165) is 46.6 Å². The van der Waals surface area contributed by atoms with Crippen molar-refractivity contribution in [2.75, 3.05) is 17.2 Å². The number of aromatic nitrogens is 1. The summed E-state index contributed by atoms with van der Waals surface area (Å²) in [5.41, 5.74) is 4.85. The van der Waals surface area contributed by atoms with Gasteiger partial charge < -0.3 is 20.9 Å². The molecule has 3 aromatic carbocycles. The van der Waals surface area contributed by atoms with Crippen LogP contribution >= 0.6 is 0 Å². The lowest BCUT2D eigenvalue weighted by Gasteiger charge is -2.12. The van der Waals surface area contributed by atoms with Crippen molar-refractivity contribution in [1.82, 2.24) is 10.3 Å². The van der Waals surface area contributed by atoms with E-state index < -0.39 is 26.9 Å². The summed E-state index contributed by atoms with van der Waals surface area (Å²) in [5.74, 6) is -1.33. The van der Waals surface area contributed by atoms with Gasteiger partial charge in [0.05, 0.1) is 17.0 Å². The van der Waals surface area contributed by atoms with Crippen LogP contribution in [0.15, 0.2) is 90.0 Å². The summed E-state index contributed by atoms with van der Waals surface area (Å²) < 4.78 is 34.9. The predicted molar refractivity (Wildman–Crippen MR) is 145 cm³/mol. The van der Waals surface area contributed by atoms with Crippen molar-refractivity contribution >= 4 is 51.0 Å². The number of aromatic amines is 1. The lowest BCUT2D eigenvalue weighted by atomic mass is 9.94. The molecule has 9 nitrogen and oxygen atoms in total. The van der Waals surface area contributed by atoms with Gasteiger partial charge in [-0.1, -0.05) is 24.3 Å². The average Bonchev–Trinajstić information content (AvgIpc) is 3.54. The third-order valence-corrected chi connectivity index (χ3v) is 6.85. The van der Waals surface area contributed by atoms with Gasteiger partial charge in [0, 0.05) is 34.4 Å². The molecule has 0 saturated carbocycles. The summed E-state index contributed by atoms with van der Waals surface area (Å²) >= 11 is 0. The molecule has 0 saturated heterocycles. The first-order chi connectivity index (χ1) is 18.7. The summed E-state index contributed by atoms with van der Waals surface area (Å²) in [6.07, 6.45) is 3.55. The zero-order valence-corrected chi connectivity index (χ0v) is 21.0. The molecule has 0 aliphatic carbocycles. The van der Waals surface area contributed by atoms with Crippen LogP contribution in [0.5, 0.6) is 0 Å². The van der Waals surface area contributed by atoms with E-state index in [1.54, 1.807) is 30.5 Å². The molecule has 1 aliphatic heterocycles. The summed E-state index contributed by atoms with van der Waals surface area (Å²) in [7, 11) is -4.87. The number of carbonyl (C=O) groups excluding carboxylic acids is 3. The summed E-state index contributed by atoms with van der Waals surface area (Å²) in [4.78, 5) is 40.0. The fourth-order valence-corrected chi connectivity index (χ4v) is 4.68. The number of hydrogen-bond acceptors (Lipinski definition) is 5. The van der Waals surface area contributed by atoms with E-state index in [2.05, 4.69) is 20.9 Å². The molecule has 0 fully saturated rings. The van der Waals surface area contributed by atoms with Crippen LogP contribution in [0.1, 0.15) is 21.6 Å². The Kier molecular flexibility index (Phi) is 6.82. The monoisotopic (exact) mass is 544 g/mol. The van der Waals surface area contributed by atoms with Gasteiger partial charge in [0.2, 0.25) is 5.91 Å². The van der Waals surface area contributed by atoms with Crippen LogP contribution in [0.3, 0.4) is 0 Å². The third-order valence-electron chi connectivity index (χ3n) is 6.01. The van der Waals surface area contributed by atoms with Gasteiger partial charge in [-0.15, -0.1) is 3.89 Å². The van der Waals surface area contributed by atoms with Gasteiger partial charge in [-0.3, -0.25) is 14.4 Å². The van der Waals surface area contributed by atoms with Crippen LogP contribution in [-0.4, -0.2) is 37.7 Å². The minimum atomic E-state index is -4.87. The number of benzene rings is 3. The van der Waals surface area contributed by atoms with Crippen molar-refractivity contribution in [2.45, 2.75) is 4.90 Å². The second-order valence-corrected chi connectivity index (χ2v) is 9.99. The van der Waals surface area contributed by atoms with Gasteiger partial charge in [0.1, 0.15) is 0 Å². The number of anilines is 2. The Morgan fingerprint density at radius 1 is 0.949 bits per heavy atom. The number of H-pyrrole nitrogens is 1. The first-order valence-corrected chi connectivity index (χ1v) is 13.1. The molecule has 3 amide bonds. The van der Waals surface area contributed by atoms with Crippen LogP contribution in [0.25, 0.3) is 22.8 Å². The van der Waals surface area contributed by atoms with Crippen molar-refractivity contribution in [3.63, 3.8) is 0 Å². The topological polar surface area (TPSA) is 137 Å². The van der Waals surface area contributed by atoms with Gasteiger partial charge in [-0.25, -0.2) is 0 Å². The molecule has 1 aromatic heterocycles. The minimum Gasteiger partial charge on any atom is -0.362 e. The van der Waals surface area contributed by atoms with Crippen molar-refractivity contribution in [1.29, 1.82) is 0 Å². The van der Waals surface area contributed by atoms with Gasteiger partial charge in [-0.05, 0) is 71.8 Å². The van der Waals surface area contributed by atoms with Crippen molar-refractivity contribution < 1.29 is 26.7 Å². The Morgan fingerprint density at radius 2 is 1.72 bits per heavy atom. The van der Waals surface area contributed by atoms with E-state index in [-0.39, 0.29) is 18.0 Å². The normalized spacial score (nSPS) is 13.6. The van der Waals surface area contributed by atoms with Crippen molar-refractivity contribution in [3.8, 4) is 11.1 Å². The van der Waals surface area contributed by atoms with Gasteiger partial charge in [-0.2, -0.15) is 8.42 Å². The van der Waals surface area contributed by atoms with E-state index in [1.165, 1.54) is 0 Å². The number of halogens is 1. The van der Waals surface area contributed by atoms with Crippen LogP contribution in [0.2, 0.25) is 0 Å². The molecular weight excluding hydrogens is 523 g/mol. The molecular formula is C28H21FN4O5S. The molecule has 196 valence electrons. The number of nitrogens with one attached hydrogen (secondary N) is 4. The Balaban J connectivity index is 1.30. The molecule has 2 heterocycles. The predicted octanol–water partition coefficient (Wildman–Crippen LogP) is 4.20. The highest BCUT2D eigenvalue weighted by molar-refractivity contribution is 7.86. The summed E-state index contributed by atoms with van der Waals surface area (Å²) in [6, 6.07) is 20.6. The maximum atomic E-state index is 13.0. The van der Waals surface area contributed by atoms with E-state index in [9.17, 15) is 26.7 Å². The Hall–Kier alpha value is -5.03. The van der Waals surface area contributed by atoms with Crippen LogP contribution in [-0.2, 0) is 19.8 Å². The quantitative estimate of drug-likeness (QED) is 0.204. The number of hydrogen-bond donors (Lipinski definition) is 4. The van der Waals surface area contributed by atoms with Crippen molar-refractivity contribution in [3.05, 3.63) is 102 Å². The maximum absolute atomic E-state index is 13.0. The standard InChI is InChI=1S/C28H21FN4O5S/c29-39(37,38)21-11-9-17(10-12-21)27(35)31-16-25(34)32-20-5-1-4-18(14-20)22-7-2-8-24-26(22)23(28(36)33-24)15-19-6-3-13-30-19/h1-15,30H,16H2,(H,31,35)(H,32,34)(H,33,36)/b23-15-. The molecule has 11 heteroatoms. The minimum absolute atomic E-state index is 0.0708. The molecule has 39 heavy (non-hydrogen) atoms. The van der Waals surface area contributed by atoms with Crippen LogP contribution in [0.4, 0.5) is 15.3 Å². The van der Waals surface area contributed by atoms with Gasteiger partial charge in [0.15, 0.2) is 0 Å². The molecule has 0 radical (unpaired) electrons. The average molecular weight is 545 g/mol. The lowest BCUT2D eigenvalue weighted by molar-refractivity contribution is -0.115. The number of carbonyl (C=O) groups is 3. The second-order valence-electron chi connectivity index (χ2n) is 8.64. The smallest absolute Gasteiger partial charge is 0.332 e. The number of fused-ring (bicyclic) bond motifs is 1. The number of amides is 3. The molecule has 5 rings (SSSR count). The van der Waals surface area contributed by atoms with Crippen LogP contribution < -0.4 is 16.0 Å². The first kappa shape index (κ1) is 25.6. The molecule has 4 aromatic rings. The zero-order chi connectivity index (χ0) is 27.6. The Morgan fingerprint density at radius 3 is 2.44 bits per heavy atom. The zero-order valence-electron chi connectivity index (χ0n) is 20.2. The fraction of sp³-hybridized carbons (Fsp3) is 0.0357. The van der Waals surface area contributed by atoms with E-state index in [1.807, 2.05) is 36.4 Å². The second kappa shape index (κ2) is 10.4. The first-order valence-electron chi connectivity index (χ1n) is 11.7. The highest BCUT2D eigenvalue weighted by Gasteiger charge is 2.27. The van der Waals surface area contributed by atoms with Gasteiger partial charge in [0.25, 0.3) is 11.8 Å². The molecule has 0 unspecified atom stereocenters. The highest BCUT2D eigenvalue weighted by atomic mass is 32.3. The molecule has 0 atom stereocenters. The van der Waals surface area contributed by atoms with E-state index in [4.69, 9.17) is 0 Å². The van der Waals surface area contributed by atoms with E-state index >= 15 is 0 Å². The SMILES string of the molecule is O=C(CNC(=O)c1ccc(S(=O)(=O)F)cc1)Nc1cccc(-c2cccc3c2/C(=C/c2ccc[nH]2)C(=O)N3)c1. The molecule has 0 bridgehead atoms. The Labute approximate surface area is 223 Å². The Bertz CT molecular complexity index is 1730. The molecule has 1 aliphatic rings. The lowest BCUT2D eigenvalue weighted by Crippen LogP contribution is -2.32. The van der Waals surface area contributed by atoms with Crippen LogP contribution in [0, 0.1) is 0 Å². The summed E-state index contributed by atoms with van der Waals surface area (Å²) in [5, 5.41) is 8.05. The molecule has 4 N–H and O–H groups in total. The van der Waals surface area contributed by atoms with Crippen molar-refractivity contribution in [2.24, 2.45) is 0 Å². The highest BCUT2D eigenvalue weighted by Crippen LogP contribution is 2.40. The largest absolute Gasteiger partial charge is 0.362 e. The number of rotatable bonds is 7. The van der Waals surface area contributed by atoms with Gasteiger partial charge >= 0.3 is 10.2 Å². The fourth-order valence-electron chi connectivity index (χ4n) is 4.22. The maximum Gasteiger partial charge on any atom is 0.332 e. The van der Waals surface area contributed by atoms with E-state index in [0.29, 0.717) is 16.9 Å². The third kappa shape index (κ3) is 5.63. The summed E-state index contributed by atoms with van der Waals surface area (Å²) in [6.45, 7) is -0.353. The molecule has 0 spiro atoms.